The summed E-state index contributed by atoms with van der Waals surface area (Å²) < 4.78 is 13.2. The fraction of sp³-hybridized carbons (Fsp3) is 0.323. The van der Waals surface area contributed by atoms with Crippen molar-refractivity contribution in [2.24, 2.45) is 5.92 Å². The van der Waals surface area contributed by atoms with Crippen molar-refractivity contribution in [1.82, 2.24) is 4.90 Å². The molecule has 0 aromatic heterocycles. The number of piperidine rings is 1. The van der Waals surface area contributed by atoms with Crippen LogP contribution in [0, 0.1) is 5.92 Å². The predicted molar refractivity (Wildman–Crippen MR) is 156 cm³/mol. The molecule has 0 bridgehead atoms. The Labute approximate surface area is 225 Å². The van der Waals surface area contributed by atoms with Gasteiger partial charge in [-0.15, -0.1) is 0 Å². The SMILES string of the molecule is C=C/C(=C\C=C(/C)F)Nc1cc(Cl)ccc1C(=C)CN1CCC(c2cccc(NC(=O)C(C)C)c2)CC1. The van der Waals surface area contributed by atoms with Crippen LogP contribution in [0.25, 0.3) is 5.57 Å². The molecule has 2 N–H and O–H groups in total. The summed E-state index contributed by atoms with van der Waals surface area (Å²) in [7, 11) is 0. The Morgan fingerprint density at radius 1 is 1.16 bits per heavy atom. The third-order valence-corrected chi connectivity index (χ3v) is 6.74. The standard InChI is InChI=1S/C31H37ClFN3O/c1-6-27(12-10-23(5)33)34-30-19-26(32)11-13-29(30)22(4)20-36-16-14-24(15-17-36)25-8-7-9-28(18-25)35-31(37)21(2)3/h6-13,18-19,21,24,34H,1,4,14-17,20H2,2-3,5H3,(H,35,37)/b23-10+,27-12+. The van der Waals surface area contributed by atoms with Crippen molar-refractivity contribution in [3.05, 3.63) is 102 Å². The second-order valence-electron chi connectivity index (χ2n) is 9.82. The number of carbonyl (C=O) groups is 1. The third kappa shape index (κ3) is 8.44. The Hall–Kier alpha value is -3.15. The molecule has 3 rings (SSSR count). The highest BCUT2D eigenvalue weighted by atomic mass is 35.5. The normalized spacial score (nSPS) is 15.5. The molecule has 0 saturated carbocycles. The number of anilines is 2. The minimum Gasteiger partial charge on any atom is -0.355 e. The van der Waals surface area contributed by atoms with Crippen LogP contribution in [-0.4, -0.2) is 30.4 Å². The highest BCUT2D eigenvalue weighted by Gasteiger charge is 2.22. The summed E-state index contributed by atoms with van der Waals surface area (Å²) in [5.74, 6) is 0.158. The van der Waals surface area contributed by atoms with E-state index in [1.165, 1.54) is 18.6 Å². The van der Waals surface area contributed by atoms with Crippen molar-refractivity contribution in [3.8, 4) is 0 Å². The van der Waals surface area contributed by atoms with Crippen molar-refractivity contribution < 1.29 is 9.18 Å². The van der Waals surface area contributed by atoms with Gasteiger partial charge < -0.3 is 10.6 Å². The van der Waals surface area contributed by atoms with Crippen molar-refractivity contribution in [1.29, 1.82) is 0 Å². The van der Waals surface area contributed by atoms with Crippen molar-refractivity contribution in [3.63, 3.8) is 0 Å². The zero-order valence-electron chi connectivity index (χ0n) is 22.0. The average Bonchev–Trinajstić information content (AvgIpc) is 2.87. The number of halogens is 2. The lowest BCUT2D eigenvalue weighted by Gasteiger charge is -2.33. The van der Waals surface area contributed by atoms with Crippen LogP contribution in [0.3, 0.4) is 0 Å². The fourth-order valence-electron chi connectivity index (χ4n) is 4.39. The highest BCUT2D eigenvalue weighted by molar-refractivity contribution is 6.31. The molecule has 4 nitrogen and oxygen atoms in total. The Kier molecular flexibility index (Phi) is 10.3. The maximum absolute atomic E-state index is 13.2. The second kappa shape index (κ2) is 13.4. The molecule has 0 spiro atoms. The van der Waals surface area contributed by atoms with Crippen LogP contribution in [0.1, 0.15) is 50.7 Å². The van der Waals surface area contributed by atoms with Gasteiger partial charge in [0, 0.05) is 40.1 Å². The van der Waals surface area contributed by atoms with E-state index in [0.29, 0.717) is 16.6 Å². The number of nitrogens with zero attached hydrogens (tertiary/aromatic N) is 1. The van der Waals surface area contributed by atoms with Crippen LogP contribution in [0.15, 0.2) is 85.4 Å². The zero-order valence-corrected chi connectivity index (χ0v) is 22.7. The Bertz CT molecular complexity index is 1190. The molecular weight excluding hydrogens is 485 g/mol. The summed E-state index contributed by atoms with van der Waals surface area (Å²) in [5.41, 5.74) is 5.56. The van der Waals surface area contributed by atoms with Crippen LogP contribution in [0.4, 0.5) is 15.8 Å². The number of hydrogen-bond donors (Lipinski definition) is 2. The first kappa shape index (κ1) is 28.4. The van der Waals surface area contributed by atoms with Crippen LogP contribution in [-0.2, 0) is 4.79 Å². The second-order valence-corrected chi connectivity index (χ2v) is 10.3. The lowest BCUT2D eigenvalue weighted by atomic mass is 9.89. The lowest BCUT2D eigenvalue weighted by Crippen LogP contribution is -2.34. The topological polar surface area (TPSA) is 44.4 Å². The van der Waals surface area contributed by atoms with Gasteiger partial charge in [0.05, 0.1) is 5.83 Å². The van der Waals surface area contributed by atoms with Crippen LogP contribution in [0.5, 0.6) is 0 Å². The Morgan fingerprint density at radius 3 is 2.54 bits per heavy atom. The van der Waals surface area contributed by atoms with E-state index in [1.807, 2.05) is 44.2 Å². The lowest BCUT2D eigenvalue weighted by molar-refractivity contribution is -0.118. The molecule has 6 heteroatoms. The number of nitrogens with one attached hydrogen (secondary N) is 2. The number of benzene rings is 2. The molecule has 2 aromatic rings. The Morgan fingerprint density at radius 2 is 1.89 bits per heavy atom. The van der Waals surface area contributed by atoms with Gasteiger partial charge in [-0.3, -0.25) is 9.69 Å². The summed E-state index contributed by atoms with van der Waals surface area (Å²) in [5, 5.41) is 6.91. The number of amides is 1. The molecule has 37 heavy (non-hydrogen) atoms. The molecule has 1 fully saturated rings. The number of carbonyl (C=O) groups excluding carboxylic acids is 1. The van der Waals surface area contributed by atoms with Crippen LogP contribution in [0.2, 0.25) is 5.02 Å². The third-order valence-electron chi connectivity index (χ3n) is 6.51. The Balaban J connectivity index is 1.64. The molecule has 1 heterocycles. The molecule has 1 saturated heterocycles. The van der Waals surface area contributed by atoms with Gasteiger partial charge >= 0.3 is 0 Å². The summed E-state index contributed by atoms with van der Waals surface area (Å²) >= 11 is 6.28. The van der Waals surface area contributed by atoms with Gasteiger partial charge in [-0.2, -0.15) is 0 Å². The minimum absolute atomic E-state index is 0.0336. The summed E-state index contributed by atoms with van der Waals surface area (Å²) in [4.78, 5) is 14.5. The highest BCUT2D eigenvalue weighted by Crippen LogP contribution is 2.32. The molecule has 2 aromatic carbocycles. The molecule has 0 aliphatic carbocycles. The van der Waals surface area contributed by atoms with E-state index in [2.05, 4.69) is 40.8 Å². The van der Waals surface area contributed by atoms with Gasteiger partial charge in [-0.1, -0.05) is 56.8 Å². The molecule has 1 amide bonds. The van der Waals surface area contributed by atoms with E-state index in [4.69, 9.17) is 11.6 Å². The number of rotatable bonds is 10. The zero-order chi connectivity index (χ0) is 26.9. The largest absolute Gasteiger partial charge is 0.355 e. The summed E-state index contributed by atoms with van der Waals surface area (Å²) in [6.07, 6.45) is 6.75. The van der Waals surface area contributed by atoms with E-state index in [-0.39, 0.29) is 17.7 Å². The van der Waals surface area contributed by atoms with Crippen LogP contribution < -0.4 is 10.6 Å². The first-order valence-electron chi connectivity index (χ1n) is 12.7. The summed E-state index contributed by atoms with van der Waals surface area (Å²) in [6.45, 7) is 16.0. The maximum atomic E-state index is 13.2. The van der Waals surface area contributed by atoms with Gasteiger partial charge in [0.25, 0.3) is 0 Å². The van der Waals surface area contributed by atoms with E-state index in [0.717, 1.165) is 55.0 Å². The summed E-state index contributed by atoms with van der Waals surface area (Å²) in [6, 6.07) is 13.9. The number of hydrogen-bond acceptors (Lipinski definition) is 3. The quantitative estimate of drug-likeness (QED) is 0.310. The molecule has 0 unspecified atom stereocenters. The van der Waals surface area contributed by atoms with Crippen molar-refractivity contribution in [2.45, 2.75) is 39.5 Å². The van der Waals surface area contributed by atoms with Gasteiger partial charge in [0.1, 0.15) is 0 Å². The van der Waals surface area contributed by atoms with Gasteiger partial charge in [0.15, 0.2) is 0 Å². The van der Waals surface area contributed by atoms with E-state index < -0.39 is 0 Å². The molecular formula is C31H37ClFN3O. The number of allylic oxidation sites excluding steroid dienone is 4. The van der Waals surface area contributed by atoms with Gasteiger partial charge in [-0.25, -0.2) is 4.39 Å². The molecule has 1 aliphatic rings. The van der Waals surface area contributed by atoms with E-state index in [9.17, 15) is 9.18 Å². The molecule has 0 radical (unpaired) electrons. The molecule has 0 atom stereocenters. The fourth-order valence-corrected chi connectivity index (χ4v) is 4.56. The maximum Gasteiger partial charge on any atom is 0.226 e. The van der Waals surface area contributed by atoms with Crippen molar-refractivity contribution in [2.75, 3.05) is 30.3 Å². The smallest absolute Gasteiger partial charge is 0.226 e. The molecule has 196 valence electrons. The molecule has 1 aliphatic heterocycles. The monoisotopic (exact) mass is 521 g/mol. The first-order chi connectivity index (χ1) is 17.7. The predicted octanol–water partition coefficient (Wildman–Crippen LogP) is 8.18. The van der Waals surface area contributed by atoms with E-state index >= 15 is 0 Å². The van der Waals surface area contributed by atoms with E-state index in [1.54, 1.807) is 12.2 Å². The van der Waals surface area contributed by atoms with Crippen LogP contribution >= 0.6 is 11.6 Å². The van der Waals surface area contributed by atoms with Gasteiger partial charge in [0.2, 0.25) is 5.91 Å². The minimum atomic E-state index is -0.285. The number of likely N-dealkylation sites (tertiary alicyclic amines) is 1. The van der Waals surface area contributed by atoms with Gasteiger partial charge in [-0.05, 0) is 92.4 Å². The first-order valence-corrected chi connectivity index (χ1v) is 13.1. The average molecular weight is 522 g/mol. The van der Waals surface area contributed by atoms with Crippen molar-refractivity contribution >= 4 is 34.5 Å².